The molecule has 1 aliphatic heterocycles. The zero-order chi connectivity index (χ0) is 18.8. The van der Waals surface area contributed by atoms with E-state index < -0.39 is 29.6 Å². The minimum absolute atomic E-state index is 0.274. The average molecular weight is 400 g/mol. The van der Waals surface area contributed by atoms with Crippen molar-refractivity contribution in [1.82, 2.24) is 4.90 Å². The molecule has 3 rings (SSSR count). The molecule has 2 aromatic carbocycles. The number of benzene rings is 2. The quantitative estimate of drug-likeness (QED) is 0.771. The van der Waals surface area contributed by atoms with Crippen molar-refractivity contribution in [3.05, 3.63) is 69.2 Å². The number of aliphatic carboxylic acids is 1. The molecule has 2 aromatic rings. The second kappa shape index (κ2) is 7.91. The molecule has 0 spiro atoms. The van der Waals surface area contributed by atoms with Gasteiger partial charge in [0.2, 0.25) is 0 Å². The van der Waals surface area contributed by atoms with E-state index >= 15 is 0 Å². The standard InChI is InChI=1S/C19H17Cl2F2NO2/c20-15-6-3-11(8-16(15)21)18(14-5-4-13(22)9-17(14)23)24-7-1-2-12(10-24)19(25)26/h3-6,8-9,12,18H,1-2,7,10H2,(H,25,26). The molecule has 0 amide bonds. The van der Waals surface area contributed by atoms with Gasteiger partial charge in [0.25, 0.3) is 0 Å². The van der Waals surface area contributed by atoms with Crippen molar-refractivity contribution in [3.63, 3.8) is 0 Å². The monoisotopic (exact) mass is 399 g/mol. The largest absolute Gasteiger partial charge is 0.481 e. The third-order valence-corrected chi connectivity index (χ3v) is 5.42. The van der Waals surface area contributed by atoms with E-state index in [-0.39, 0.29) is 12.1 Å². The van der Waals surface area contributed by atoms with Crippen LogP contribution < -0.4 is 0 Å². The number of halogens is 4. The lowest BCUT2D eigenvalue weighted by molar-refractivity contribution is -0.143. The number of likely N-dealkylation sites (tertiary alicyclic amines) is 1. The fourth-order valence-corrected chi connectivity index (χ4v) is 3.74. The first-order valence-electron chi connectivity index (χ1n) is 8.23. The third kappa shape index (κ3) is 4.00. The maximum absolute atomic E-state index is 14.5. The van der Waals surface area contributed by atoms with E-state index in [4.69, 9.17) is 23.2 Å². The summed E-state index contributed by atoms with van der Waals surface area (Å²) < 4.78 is 27.9. The zero-order valence-corrected chi connectivity index (χ0v) is 15.3. The van der Waals surface area contributed by atoms with Gasteiger partial charge in [-0.2, -0.15) is 0 Å². The number of hydrogen-bond acceptors (Lipinski definition) is 2. The molecule has 0 aliphatic carbocycles. The van der Waals surface area contributed by atoms with Gasteiger partial charge in [-0.25, -0.2) is 8.78 Å². The van der Waals surface area contributed by atoms with Crippen molar-refractivity contribution in [2.75, 3.05) is 13.1 Å². The predicted octanol–water partition coefficient (Wildman–Crippen LogP) is 5.16. The first-order chi connectivity index (χ1) is 12.4. The molecule has 138 valence electrons. The summed E-state index contributed by atoms with van der Waals surface area (Å²) in [7, 11) is 0. The Morgan fingerprint density at radius 3 is 2.58 bits per heavy atom. The van der Waals surface area contributed by atoms with Gasteiger partial charge in [0.05, 0.1) is 22.0 Å². The number of hydrogen-bond donors (Lipinski definition) is 1. The van der Waals surface area contributed by atoms with Crippen molar-refractivity contribution in [1.29, 1.82) is 0 Å². The van der Waals surface area contributed by atoms with Crippen molar-refractivity contribution in [2.24, 2.45) is 5.92 Å². The lowest BCUT2D eigenvalue weighted by Gasteiger charge is -2.37. The van der Waals surface area contributed by atoms with E-state index in [1.165, 1.54) is 12.1 Å². The van der Waals surface area contributed by atoms with Crippen LogP contribution in [-0.2, 0) is 4.79 Å². The Bertz CT molecular complexity index is 831. The summed E-state index contributed by atoms with van der Waals surface area (Å²) in [6.07, 6.45) is 1.25. The molecule has 0 radical (unpaired) electrons. The molecule has 26 heavy (non-hydrogen) atoms. The highest BCUT2D eigenvalue weighted by atomic mass is 35.5. The zero-order valence-electron chi connectivity index (χ0n) is 13.8. The maximum Gasteiger partial charge on any atom is 0.307 e. The fraction of sp³-hybridized carbons (Fsp3) is 0.316. The van der Waals surface area contributed by atoms with E-state index in [0.717, 1.165) is 6.07 Å². The maximum atomic E-state index is 14.5. The van der Waals surface area contributed by atoms with Gasteiger partial charge in [-0.15, -0.1) is 0 Å². The lowest BCUT2D eigenvalue weighted by atomic mass is 9.91. The van der Waals surface area contributed by atoms with E-state index in [0.29, 0.717) is 35.0 Å². The van der Waals surface area contributed by atoms with E-state index in [2.05, 4.69) is 0 Å². The van der Waals surface area contributed by atoms with Gasteiger partial charge in [0.1, 0.15) is 11.6 Å². The van der Waals surface area contributed by atoms with Crippen LogP contribution in [0.5, 0.6) is 0 Å². The highest BCUT2D eigenvalue weighted by Crippen LogP contribution is 2.36. The van der Waals surface area contributed by atoms with Gasteiger partial charge in [-0.3, -0.25) is 9.69 Å². The van der Waals surface area contributed by atoms with Crippen LogP contribution in [0.4, 0.5) is 8.78 Å². The van der Waals surface area contributed by atoms with Crippen LogP contribution in [0, 0.1) is 17.6 Å². The number of carbonyl (C=O) groups is 1. The Morgan fingerprint density at radius 2 is 1.92 bits per heavy atom. The number of carboxylic acids is 1. The Labute approximate surface area is 160 Å². The molecule has 1 fully saturated rings. The first kappa shape index (κ1) is 19.1. The predicted molar refractivity (Wildman–Crippen MR) is 96.6 cm³/mol. The summed E-state index contributed by atoms with van der Waals surface area (Å²) in [6, 6.07) is 7.83. The SMILES string of the molecule is O=C(O)C1CCCN(C(c2ccc(Cl)c(Cl)c2)c2ccc(F)cc2F)C1. The van der Waals surface area contributed by atoms with Crippen LogP contribution in [0.3, 0.4) is 0 Å². The van der Waals surface area contributed by atoms with Crippen LogP contribution >= 0.6 is 23.2 Å². The topological polar surface area (TPSA) is 40.5 Å². The molecule has 1 N–H and O–H groups in total. The minimum atomic E-state index is -0.873. The number of carboxylic acid groups (broad SMARTS) is 1. The smallest absolute Gasteiger partial charge is 0.307 e. The molecule has 1 heterocycles. The molecule has 2 unspecified atom stereocenters. The van der Waals surface area contributed by atoms with Crippen molar-refractivity contribution >= 4 is 29.2 Å². The van der Waals surface area contributed by atoms with Gasteiger partial charge in [0, 0.05) is 18.2 Å². The van der Waals surface area contributed by atoms with Gasteiger partial charge >= 0.3 is 5.97 Å². The molecule has 0 saturated carbocycles. The molecule has 3 nitrogen and oxygen atoms in total. The van der Waals surface area contributed by atoms with Gasteiger partial charge in [-0.05, 0) is 43.1 Å². The molecule has 2 atom stereocenters. The van der Waals surface area contributed by atoms with Crippen LogP contribution in [0.25, 0.3) is 0 Å². The second-order valence-corrected chi connectivity index (χ2v) is 7.23. The van der Waals surface area contributed by atoms with Crippen LogP contribution in [0.1, 0.15) is 30.0 Å². The number of rotatable bonds is 4. The average Bonchev–Trinajstić information content (AvgIpc) is 2.60. The summed E-state index contributed by atoms with van der Waals surface area (Å²) in [4.78, 5) is 13.3. The molecule has 1 saturated heterocycles. The minimum Gasteiger partial charge on any atom is -0.481 e. The lowest BCUT2D eigenvalue weighted by Crippen LogP contribution is -2.41. The van der Waals surface area contributed by atoms with E-state index in [1.54, 1.807) is 18.2 Å². The molecular weight excluding hydrogens is 383 g/mol. The van der Waals surface area contributed by atoms with Crippen molar-refractivity contribution in [2.45, 2.75) is 18.9 Å². The van der Waals surface area contributed by atoms with Gasteiger partial charge < -0.3 is 5.11 Å². The molecule has 7 heteroatoms. The molecule has 0 aromatic heterocycles. The Hall–Kier alpha value is -1.69. The third-order valence-electron chi connectivity index (χ3n) is 4.68. The van der Waals surface area contributed by atoms with Crippen LogP contribution in [0.2, 0.25) is 10.0 Å². The Kier molecular flexibility index (Phi) is 5.80. The first-order valence-corrected chi connectivity index (χ1v) is 8.99. The normalized spacial score (nSPS) is 19.3. The highest BCUT2D eigenvalue weighted by molar-refractivity contribution is 6.42. The summed E-state index contributed by atoms with van der Waals surface area (Å²) in [6.45, 7) is 0.878. The Morgan fingerprint density at radius 1 is 1.15 bits per heavy atom. The summed E-state index contributed by atoms with van der Waals surface area (Å²) in [5.41, 5.74) is 0.951. The highest BCUT2D eigenvalue weighted by Gasteiger charge is 2.32. The summed E-state index contributed by atoms with van der Waals surface area (Å²) in [5.74, 6) is -2.75. The molecule has 1 aliphatic rings. The summed E-state index contributed by atoms with van der Waals surface area (Å²) in [5, 5.41) is 10.1. The summed E-state index contributed by atoms with van der Waals surface area (Å²) >= 11 is 12.1. The Balaban J connectivity index is 2.06. The second-order valence-electron chi connectivity index (χ2n) is 6.41. The van der Waals surface area contributed by atoms with Crippen molar-refractivity contribution < 1.29 is 18.7 Å². The molecule has 0 bridgehead atoms. The van der Waals surface area contributed by atoms with Gasteiger partial charge in [0.15, 0.2) is 0 Å². The molecular formula is C19H17Cl2F2NO2. The number of nitrogens with zero attached hydrogens (tertiary/aromatic N) is 1. The van der Waals surface area contributed by atoms with Gasteiger partial charge in [-0.1, -0.05) is 35.3 Å². The van der Waals surface area contributed by atoms with E-state index in [1.807, 2.05) is 4.90 Å². The van der Waals surface area contributed by atoms with E-state index in [9.17, 15) is 18.7 Å². The van der Waals surface area contributed by atoms with Crippen molar-refractivity contribution in [3.8, 4) is 0 Å². The van der Waals surface area contributed by atoms with Crippen LogP contribution in [0.15, 0.2) is 36.4 Å². The van der Waals surface area contributed by atoms with Crippen LogP contribution in [-0.4, -0.2) is 29.1 Å². The fourth-order valence-electron chi connectivity index (χ4n) is 3.44. The number of piperidine rings is 1.